The smallest absolute Gasteiger partial charge is 0.143 e. The lowest BCUT2D eigenvalue weighted by molar-refractivity contribution is 0.415. The van der Waals surface area contributed by atoms with Crippen LogP contribution < -0.4 is 10.1 Å². The topological polar surface area (TPSA) is 45.0 Å². The predicted octanol–water partition coefficient (Wildman–Crippen LogP) is 2.87. The van der Waals surface area contributed by atoms with Gasteiger partial charge in [0.2, 0.25) is 0 Å². The summed E-state index contributed by atoms with van der Waals surface area (Å²) in [7, 11) is 1.64. The third-order valence-corrected chi connectivity index (χ3v) is 4.09. The summed E-state index contributed by atoms with van der Waals surface area (Å²) < 4.78 is 5.31. The summed E-state index contributed by atoms with van der Waals surface area (Å²) in [6.07, 6.45) is 2.40. The first kappa shape index (κ1) is 12.1. The number of rotatable bonds is 3. The van der Waals surface area contributed by atoms with Crippen molar-refractivity contribution >= 4 is 17.4 Å². The monoisotopic (exact) mass is 248 g/mol. The third-order valence-electron chi connectivity index (χ3n) is 2.88. The maximum Gasteiger partial charge on any atom is 0.143 e. The molecule has 0 aromatic heterocycles. The molecule has 0 aliphatic carbocycles. The van der Waals surface area contributed by atoms with Gasteiger partial charge in [-0.05, 0) is 30.7 Å². The van der Waals surface area contributed by atoms with Gasteiger partial charge in [-0.2, -0.15) is 17.0 Å². The van der Waals surface area contributed by atoms with Crippen LogP contribution in [0.1, 0.15) is 18.4 Å². The van der Waals surface area contributed by atoms with Gasteiger partial charge in [0, 0.05) is 11.8 Å². The van der Waals surface area contributed by atoms with Gasteiger partial charge in [-0.1, -0.05) is 6.07 Å². The molecule has 0 radical (unpaired) electrons. The molecule has 90 valence electrons. The van der Waals surface area contributed by atoms with E-state index in [0.29, 0.717) is 11.6 Å². The molecule has 0 saturated carbocycles. The van der Waals surface area contributed by atoms with Crippen molar-refractivity contribution < 1.29 is 4.74 Å². The molecule has 2 rings (SSSR count). The molecule has 0 bridgehead atoms. The van der Waals surface area contributed by atoms with Crippen LogP contribution in [0.5, 0.6) is 5.75 Å². The number of para-hydroxylation sites is 1. The summed E-state index contributed by atoms with van der Waals surface area (Å²) in [5.41, 5.74) is 1.49. The lowest BCUT2D eigenvalue weighted by Gasteiger charge is -2.25. The van der Waals surface area contributed by atoms with Crippen molar-refractivity contribution in [2.24, 2.45) is 0 Å². The second kappa shape index (κ2) is 5.83. The molecule has 17 heavy (non-hydrogen) atoms. The van der Waals surface area contributed by atoms with Crippen LogP contribution in [0, 0.1) is 11.3 Å². The maximum atomic E-state index is 9.12. The molecule has 0 spiro atoms. The Hall–Kier alpha value is -1.34. The Labute approximate surface area is 106 Å². The number of anilines is 1. The highest BCUT2D eigenvalue weighted by Crippen LogP contribution is 2.30. The second-order valence-electron chi connectivity index (χ2n) is 4.05. The lowest BCUT2D eigenvalue weighted by Crippen LogP contribution is -2.26. The summed E-state index contributed by atoms with van der Waals surface area (Å²) in [5, 5.41) is 12.6. The summed E-state index contributed by atoms with van der Waals surface area (Å²) in [6.45, 7) is 0. The van der Waals surface area contributed by atoms with E-state index >= 15 is 0 Å². The van der Waals surface area contributed by atoms with Crippen molar-refractivity contribution in [1.82, 2.24) is 0 Å². The van der Waals surface area contributed by atoms with Crippen molar-refractivity contribution in [3.8, 4) is 11.8 Å². The normalized spacial score (nSPS) is 19.4. The van der Waals surface area contributed by atoms with E-state index in [0.717, 1.165) is 23.6 Å². The van der Waals surface area contributed by atoms with Gasteiger partial charge in [-0.15, -0.1) is 0 Å². The molecule has 1 N–H and O–H groups in total. The Bertz CT molecular complexity index is 422. The lowest BCUT2D eigenvalue weighted by atomic mass is 10.1. The second-order valence-corrected chi connectivity index (χ2v) is 5.20. The van der Waals surface area contributed by atoms with Crippen molar-refractivity contribution in [3.05, 3.63) is 23.8 Å². The van der Waals surface area contributed by atoms with Gasteiger partial charge in [-0.3, -0.25) is 0 Å². The minimum atomic E-state index is 0.442. The van der Waals surface area contributed by atoms with Crippen LogP contribution in [0.15, 0.2) is 18.2 Å². The van der Waals surface area contributed by atoms with Crippen LogP contribution in [0.2, 0.25) is 0 Å². The number of thioether (sulfide) groups is 1. The first-order valence-electron chi connectivity index (χ1n) is 5.76. The first-order valence-corrected chi connectivity index (χ1v) is 6.92. The number of benzene rings is 1. The van der Waals surface area contributed by atoms with Crippen molar-refractivity contribution in [2.75, 3.05) is 23.9 Å². The fourth-order valence-electron chi connectivity index (χ4n) is 2.00. The van der Waals surface area contributed by atoms with Gasteiger partial charge in [0.05, 0.1) is 18.4 Å². The highest BCUT2D eigenvalue weighted by molar-refractivity contribution is 7.99. The van der Waals surface area contributed by atoms with E-state index in [1.807, 2.05) is 30.0 Å². The molecule has 4 heteroatoms. The maximum absolute atomic E-state index is 9.12. The molecule has 0 amide bonds. The van der Waals surface area contributed by atoms with Gasteiger partial charge in [-0.25, -0.2) is 0 Å². The van der Waals surface area contributed by atoms with Gasteiger partial charge in [0.25, 0.3) is 0 Å². The Balaban J connectivity index is 2.20. The first-order chi connectivity index (χ1) is 8.35. The fourth-order valence-corrected chi connectivity index (χ4v) is 3.07. The summed E-state index contributed by atoms with van der Waals surface area (Å²) >= 11 is 1.96. The quantitative estimate of drug-likeness (QED) is 0.893. The molecule has 3 nitrogen and oxygen atoms in total. The van der Waals surface area contributed by atoms with Crippen LogP contribution in [-0.2, 0) is 0 Å². The van der Waals surface area contributed by atoms with E-state index in [-0.39, 0.29) is 0 Å². The van der Waals surface area contributed by atoms with Gasteiger partial charge in [0.1, 0.15) is 11.8 Å². The summed E-state index contributed by atoms with van der Waals surface area (Å²) in [4.78, 5) is 0. The average Bonchev–Trinajstić information content (AvgIpc) is 2.40. The number of nitriles is 1. The Morgan fingerprint density at radius 2 is 2.41 bits per heavy atom. The zero-order valence-corrected chi connectivity index (χ0v) is 10.7. The van der Waals surface area contributed by atoms with Gasteiger partial charge < -0.3 is 10.1 Å². The molecule has 1 aliphatic heterocycles. The standard InChI is InChI=1S/C13H16N2OS/c1-16-12-6-2-4-10(8-14)13(12)15-11-5-3-7-17-9-11/h2,4,6,11,15H,3,5,7,9H2,1H3. The third kappa shape index (κ3) is 2.86. The number of hydrogen-bond donors (Lipinski definition) is 1. The molecule has 1 aromatic rings. The van der Waals surface area contributed by atoms with Crippen LogP contribution in [0.25, 0.3) is 0 Å². The number of hydrogen-bond acceptors (Lipinski definition) is 4. The highest BCUT2D eigenvalue weighted by Gasteiger charge is 2.17. The minimum absolute atomic E-state index is 0.442. The van der Waals surface area contributed by atoms with E-state index in [1.54, 1.807) is 7.11 Å². The zero-order chi connectivity index (χ0) is 12.1. The molecule has 1 heterocycles. The molecule has 1 fully saturated rings. The van der Waals surface area contributed by atoms with Crippen molar-refractivity contribution in [2.45, 2.75) is 18.9 Å². The molecule has 1 unspecified atom stereocenters. The zero-order valence-electron chi connectivity index (χ0n) is 9.90. The molecular formula is C13H16N2OS. The van der Waals surface area contributed by atoms with E-state index in [2.05, 4.69) is 11.4 Å². The highest BCUT2D eigenvalue weighted by atomic mass is 32.2. The molecule has 1 saturated heterocycles. The van der Waals surface area contributed by atoms with E-state index in [1.165, 1.54) is 12.2 Å². The van der Waals surface area contributed by atoms with Crippen LogP contribution in [-0.4, -0.2) is 24.7 Å². The molecule has 1 aliphatic rings. The SMILES string of the molecule is COc1cccc(C#N)c1NC1CCCSC1. The molecule has 1 atom stereocenters. The minimum Gasteiger partial charge on any atom is -0.495 e. The predicted molar refractivity (Wildman–Crippen MR) is 71.7 cm³/mol. The molecule has 1 aromatic carbocycles. The van der Waals surface area contributed by atoms with Crippen molar-refractivity contribution in [1.29, 1.82) is 5.26 Å². The summed E-state index contributed by atoms with van der Waals surface area (Å²) in [6, 6.07) is 8.21. The number of ether oxygens (including phenoxy) is 1. The number of methoxy groups -OCH3 is 1. The summed E-state index contributed by atoms with van der Waals surface area (Å²) in [5.74, 6) is 3.10. The van der Waals surface area contributed by atoms with Gasteiger partial charge >= 0.3 is 0 Å². The van der Waals surface area contributed by atoms with E-state index < -0.39 is 0 Å². The van der Waals surface area contributed by atoms with E-state index in [4.69, 9.17) is 10.00 Å². The van der Waals surface area contributed by atoms with Crippen molar-refractivity contribution in [3.63, 3.8) is 0 Å². The fraction of sp³-hybridized carbons (Fsp3) is 0.462. The van der Waals surface area contributed by atoms with E-state index in [9.17, 15) is 0 Å². The Morgan fingerprint density at radius 3 is 3.06 bits per heavy atom. The number of nitrogens with zero attached hydrogens (tertiary/aromatic N) is 1. The number of nitrogens with one attached hydrogen (secondary N) is 1. The largest absolute Gasteiger partial charge is 0.495 e. The van der Waals surface area contributed by atoms with Gasteiger partial charge in [0.15, 0.2) is 0 Å². The van der Waals surface area contributed by atoms with Crippen LogP contribution >= 0.6 is 11.8 Å². The Morgan fingerprint density at radius 1 is 1.53 bits per heavy atom. The molecular weight excluding hydrogens is 232 g/mol. The van der Waals surface area contributed by atoms with Crippen LogP contribution in [0.4, 0.5) is 5.69 Å². The average molecular weight is 248 g/mol. The Kier molecular flexibility index (Phi) is 4.16. The van der Waals surface area contributed by atoms with Crippen LogP contribution in [0.3, 0.4) is 0 Å².